The van der Waals surface area contributed by atoms with Gasteiger partial charge in [-0.15, -0.1) is 0 Å². The molecule has 8 rings (SSSR count). The van der Waals surface area contributed by atoms with E-state index in [1.165, 1.54) is 0 Å². The van der Waals surface area contributed by atoms with Gasteiger partial charge in [-0.25, -0.2) is 33.6 Å². The Hall–Kier alpha value is -5.48. The van der Waals surface area contributed by atoms with Gasteiger partial charge in [0.15, 0.2) is 99.3 Å². The number of aliphatic hydroxyl groups excluding tert-OH is 21. The number of ether oxygens (including phenoxy) is 15. The minimum absolute atomic E-state index is 0.987. The molecule has 8 saturated heterocycles. The predicted octanol–water partition coefficient (Wildman–Crippen LogP) is -18.8. The van der Waals surface area contributed by atoms with Gasteiger partial charge in [0.1, 0.15) is 153 Å². The van der Waals surface area contributed by atoms with Crippen molar-refractivity contribution in [1.29, 1.82) is 0 Å². The maximum absolute atomic E-state index is 12.5. The van der Waals surface area contributed by atoms with E-state index in [1.807, 2.05) is 6.79 Å². The molecule has 8 fully saturated rings. The summed E-state index contributed by atoms with van der Waals surface area (Å²) in [6, 6.07) is 0. The Morgan fingerprint density at radius 1 is 0.218 bits per heavy atom. The number of rotatable bonds is 19. The van der Waals surface area contributed by atoms with Crippen LogP contribution in [0.15, 0.2) is 0 Å². The molecule has 0 saturated carbocycles. The first-order valence-electron chi connectivity index (χ1n) is 28.8. The smallest absolute Gasteiger partial charge is 0.335 e. The molecule has 8 aliphatic heterocycles. The zero-order chi connectivity index (χ0) is 76.7. The second-order valence-corrected chi connectivity index (χ2v) is 22.6. The lowest BCUT2D eigenvalue weighted by atomic mass is 9.95. The molecule has 101 heavy (non-hydrogen) atoms. The van der Waals surface area contributed by atoms with Crippen LogP contribution in [-0.2, 0) is 109 Å². The molecule has 0 aromatic rings. The highest BCUT2D eigenvalue weighted by atomic mass is 16.8. The molecule has 28 N–H and O–H groups in total. The summed E-state index contributed by atoms with van der Waals surface area (Å²) in [6.07, 6.45) is -87.0. The molecule has 40 atom stereocenters. The van der Waals surface area contributed by atoms with Crippen LogP contribution in [-0.4, -0.2) is 452 Å². The maximum atomic E-state index is 12.5. The first-order chi connectivity index (χ1) is 47.1. The van der Waals surface area contributed by atoms with Crippen molar-refractivity contribution in [2.75, 3.05) is 14.2 Å². The average molecular weight is 1490 g/mol. The summed E-state index contributed by atoms with van der Waals surface area (Å²) in [5, 5.41) is 278. The van der Waals surface area contributed by atoms with Crippen LogP contribution >= 0.6 is 0 Å². The molecule has 8 aliphatic rings. The number of aliphatic hydroxyl groups is 21. The SMILES string of the molecule is C=O.CO[C@@H]1O[C@@H](C(=O)O)[C@@H](O[C@@H]2OC(C(=O)O)[C@@H](O[C@@H]3O[C@@H](C(=O)O)[C@@H](O[C@@H]4OC(C(=O)O)[C@@H](O[C@@H]5O[C@@H](C(=O)O)[C@@H](O[C@@H]6OC(O)[C@@H](OC)[C@@H](O)C6O)C(O)C5O)[C@H](O)C4O)C(O)C3O)[C@@H](O)C2O)C(O)C1O.O=C(O)C1O[C@@H](O)C(O)[C@@H](O)[C@@H]1O.O=C(O)C1O[C@@H](O)C(O)[C@H](O)[C@@H]1O. The van der Waals surface area contributed by atoms with E-state index in [9.17, 15) is 125 Å². The normalized spacial score (nSPS) is 47.8. The standard InChI is InChI=1S/C37H54O36.2C6H10O7.CH2O/c1-61-20-8(43)14(49)37(73-31(20)60)67-19-7(42)13(48)36(72-25(19)30(58)59)66-18-6(41)12(47)35(71-24(18)29(56)57)65-17-5(40)11(46)34(70-23(17)28(54)55)64-16-4(39)10(45)33(69-22(16)27(52)53)63-15-3(38)9(44)32(62-2)68-21(15)26(50)51;2*7-1-2(8)4(5(10)11)13-6(12)3(1)9;1-2/h3-25,31-49,60H,1-2H3,(H,50,51)(H,52,53)(H,54,55)(H,56,57)(H,58,59);2*1-4,6-9,12H,(H,10,11);1H2/t3?,4-,5?,6+,7?,8-,9?,10?,11?,12?,13?,14?,15-,16-,17-,18-,19-,20-,21+,22?,23+,24?,25+,31?,32+,33+,34+,35+,36+,37+;1-,2+,3?,4?,6-;1-,2-,3?,4?,6+;/m010./s1. The van der Waals surface area contributed by atoms with E-state index in [1.54, 1.807) is 0 Å². The first-order valence-corrected chi connectivity index (χ1v) is 28.8. The topological polar surface area (TPSA) is 841 Å². The molecule has 16 unspecified atom stereocenters. The highest BCUT2D eigenvalue weighted by molar-refractivity contribution is 5.76. The summed E-state index contributed by atoms with van der Waals surface area (Å²) in [7, 11) is 2.02. The van der Waals surface area contributed by atoms with E-state index in [2.05, 4.69) is 9.47 Å². The molecule has 582 valence electrons. The predicted molar refractivity (Wildman–Crippen MR) is 287 cm³/mol. The second-order valence-electron chi connectivity index (χ2n) is 22.6. The molecule has 8 heterocycles. The summed E-state index contributed by atoms with van der Waals surface area (Å²) in [4.78, 5) is 90.3. The molecule has 0 aromatic heterocycles. The highest BCUT2D eigenvalue weighted by Gasteiger charge is 2.61. The van der Waals surface area contributed by atoms with Gasteiger partial charge < -0.3 is 219 Å². The van der Waals surface area contributed by atoms with Crippen molar-refractivity contribution in [1.82, 2.24) is 0 Å². The van der Waals surface area contributed by atoms with Crippen molar-refractivity contribution < 1.29 is 252 Å². The van der Waals surface area contributed by atoms with Crippen LogP contribution in [0.3, 0.4) is 0 Å². The summed E-state index contributed by atoms with van der Waals surface area (Å²) in [5.74, 6) is -13.0. The third kappa shape index (κ3) is 19.0. The van der Waals surface area contributed by atoms with Crippen molar-refractivity contribution in [3.05, 3.63) is 0 Å². The maximum Gasteiger partial charge on any atom is 0.335 e. The fourth-order valence-corrected chi connectivity index (χ4v) is 10.7. The van der Waals surface area contributed by atoms with Crippen LogP contribution in [0.1, 0.15) is 0 Å². The van der Waals surface area contributed by atoms with E-state index >= 15 is 0 Å². The Kier molecular flexibility index (Phi) is 31.1. The van der Waals surface area contributed by atoms with Gasteiger partial charge in [-0.05, 0) is 0 Å². The van der Waals surface area contributed by atoms with E-state index in [4.69, 9.17) is 117 Å². The van der Waals surface area contributed by atoms with Gasteiger partial charge in [0.05, 0.1) is 0 Å². The summed E-state index contributed by atoms with van der Waals surface area (Å²) < 4.78 is 75.8. The fourth-order valence-electron chi connectivity index (χ4n) is 10.7. The van der Waals surface area contributed by atoms with Crippen LogP contribution in [0.25, 0.3) is 0 Å². The lowest BCUT2D eigenvalue weighted by Crippen LogP contribution is -2.69. The quantitative estimate of drug-likeness (QED) is 0.0571. The number of hydrogen-bond donors (Lipinski definition) is 28. The van der Waals surface area contributed by atoms with Crippen molar-refractivity contribution >= 4 is 48.6 Å². The summed E-state index contributed by atoms with van der Waals surface area (Å²) in [6.45, 7) is 2.00. The largest absolute Gasteiger partial charge is 0.479 e. The fraction of sp³-hybridized carbons (Fsp3) is 0.840. The van der Waals surface area contributed by atoms with Gasteiger partial charge in [-0.1, -0.05) is 0 Å². The van der Waals surface area contributed by atoms with Gasteiger partial charge in [-0.2, -0.15) is 0 Å². The van der Waals surface area contributed by atoms with E-state index < -0.39 is 288 Å². The monoisotopic (exact) mass is 1490 g/mol. The van der Waals surface area contributed by atoms with Crippen molar-refractivity contribution in [2.45, 2.75) is 246 Å². The molecule has 0 aliphatic carbocycles. The van der Waals surface area contributed by atoms with Gasteiger partial charge >= 0.3 is 41.8 Å². The van der Waals surface area contributed by atoms with Crippen molar-refractivity contribution in [2.24, 2.45) is 0 Å². The molecule has 0 spiro atoms. The zero-order valence-corrected chi connectivity index (χ0v) is 51.2. The minimum atomic E-state index is -2.61. The zero-order valence-electron chi connectivity index (χ0n) is 51.2. The van der Waals surface area contributed by atoms with Crippen LogP contribution < -0.4 is 0 Å². The number of carbonyl (C=O) groups excluding carboxylic acids is 1. The molecular weight excluding hydrogens is 1420 g/mol. The van der Waals surface area contributed by atoms with Crippen LogP contribution in [0.5, 0.6) is 0 Å². The van der Waals surface area contributed by atoms with Gasteiger partial charge in [0.25, 0.3) is 0 Å². The number of aliphatic carboxylic acids is 7. The number of carbonyl (C=O) groups is 8. The summed E-state index contributed by atoms with van der Waals surface area (Å²) >= 11 is 0. The third-order valence-electron chi connectivity index (χ3n) is 16.1. The van der Waals surface area contributed by atoms with Gasteiger partial charge in [-0.3, -0.25) is 0 Å². The Morgan fingerprint density at radius 3 is 0.624 bits per heavy atom. The van der Waals surface area contributed by atoms with Gasteiger partial charge in [0.2, 0.25) is 0 Å². The van der Waals surface area contributed by atoms with Crippen LogP contribution in [0.2, 0.25) is 0 Å². The minimum Gasteiger partial charge on any atom is -0.479 e. The lowest BCUT2D eigenvalue weighted by Gasteiger charge is -2.48. The summed E-state index contributed by atoms with van der Waals surface area (Å²) in [5.41, 5.74) is 0. The molecule has 0 bridgehead atoms. The Bertz CT molecular complexity index is 2690. The third-order valence-corrected chi connectivity index (χ3v) is 16.1. The lowest BCUT2D eigenvalue weighted by molar-refractivity contribution is -0.391. The van der Waals surface area contributed by atoms with Crippen molar-refractivity contribution in [3.8, 4) is 0 Å². The molecule has 51 heteroatoms. The Balaban J connectivity index is 0.000000541. The second kappa shape index (κ2) is 36.5. The van der Waals surface area contributed by atoms with E-state index in [-0.39, 0.29) is 0 Å². The van der Waals surface area contributed by atoms with Crippen molar-refractivity contribution in [3.63, 3.8) is 0 Å². The first kappa shape index (κ1) is 86.2. The van der Waals surface area contributed by atoms with Crippen LogP contribution in [0, 0.1) is 0 Å². The molecule has 0 aromatic carbocycles. The Labute approximate surface area is 560 Å². The Morgan fingerprint density at radius 2 is 0.416 bits per heavy atom. The molecule has 0 radical (unpaired) electrons. The van der Waals surface area contributed by atoms with E-state index in [0.29, 0.717) is 0 Å². The van der Waals surface area contributed by atoms with Gasteiger partial charge in [0, 0.05) is 14.2 Å². The van der Waals surface area contributed by atoms with E-state index in [0.717, 1.165) is 14.2 Å². The molecular formula is C50H76O51. The molecule has 51 nitrogen and oxygen atoms in total. The number of carboxylic acid groups (broad SMARTS) is 7. The molecule has 0 amide bonds. The number of hydrogen-bond acceptors (Lipinski definition) is 44. The average Bonchev–Trinajstić information content (AvgIpc) is 0.765. The van der Waals surface area contributed by atoms with Crippen LogP contribution in [0.4, 0.5) is 0 Å². The number of carboxylic acids is 7. The number of methoxy groups -OCH3 is 2. The highest BCUT2D eigenvalue weighted by Crippen LogP contribution is 2.38.